The van der Waals surface area contributed by atoms with E-state index in [1.165, 1.54) is 31.1 Å². The van der Waals surface area contributed by atoms with Gasteiger partial charge in [0.1, 0.15) is 0 Å². The van der Waals surface area contributed by atoms with Crippen molar-refractivity contribution in [2.24, 2.45) is 0 Å². The third-order valence-electron chi connectivity index (χ3n) is 7.42. The predicted octanol–water partition coefficient (Wildman–Crippen LogP) is 10.0. The molecular weight excluding hydrogens is 494 g/mol. The lowest BCUT2D eigenvalue weighted by Crippen LogP contribution is -2.09. The summed E-state index contributed by atoms with van der Waals surface area (Å²) in [5.41, 5.74) is 7.86. The minimum absolute atomic E-state index is 1.03. The van der Waals surface area contributed by atoms with Crippen molar-refractivity contribution in [1.82, 2.24) is 9.55 Å². The molecule has 0 aliphatic heterocycles. The summed E-state index contributed by atoms with van der Waals surface area (Å²) in [4.78, 5) is 7.12. The van der Waals surface area contributed by atoms with E-state index in [9.17, 15) is 0 Å². The molecule has 0 N–H and O–H groups in total. The van der Waals surface area contributed by atoms with Crippen molar-refractivity contribution >= 4 is 70.5 Å². The monoisotopic (exact) mass is 517 g/mol. The maximum absolute atomic E-state index is 4.83. The number of pyridine rings is 1. The number of para-hydroxylation sites is 2. The van der Waals surface area contributed by atoms with Crippen LogP contribution in [0.5, 0.6) is 0 Å². The molecule has 8 aromatic rings. The van der Waals surface area contributed by atoms with Crippen LogP contribution in [0.3, 0.4) is 0 Å². The van der Waals surface area contributed by atoms with Gasteiger partial charge in [-0.05, 0) is 78.9 Å². The molecule has 0 spiro atoms. The second-order valence-electron chi connectivity index (χ2n) is 9.66. The van der Waals surface area contributed by atoms with Crippen molar-refractivity contribution < 1.29 is 0 Å². The molecule has 0 fully saturated rings. The zero-order chi connectivity index (χ0) is 25.8. The summed E-state index contributed by atoms with van der Waals surface area (Å²) in [7, 11) is 0. The average molecular weight is 518 g/mol. The fourth-order valence-electron chi connectivity index (χ4n) is 5.75. The maximum Gasteiger partial charge on any atom is 0.0963 e. The lowest BCUT2D eigenvalue weighted by atomic mass is 10.1. The Morgan fingerprint density at radius 1 is 0.538 bits per heavy atom. The van der Waals surface area contributed by atoms with Gasteiger partial charge in [0.15, 0.2) is 0 Å². The largest absolute Gasteiger partial charge is 0.311 e. The number of fused-ring (bicyclic) bond motifs is 7. The molecule has 3 heterocycles. The van der Waals surface area contributed by atoms with Gasteiger partial charge in [-0.15, -0.1) is 11.3 Å². The topological polar surface area (TPSA) is 21.1 Å². The Morgan fingerprint density at radius 3 is 1.95 bits per heavy atom. The zero-order valence-corrected chi connectivity index (χ0v) is 21.8. The molecule has 0 unspecified atom stereocenters. The highest BCUT2D eigenvalue weighted by atomic mass is 32.1. The molecule has 0 bridgehead atoms. The van der Waals surface area contributed by atoms with Crippen LogP contribution in [-0.4, -0.2) is 9.55 Å². The molecule has 0 aliphatic rings. The molecule has 5 aromatic carbocycles. The maximum atomic E-state index is 4.83. The van der Waals surface area contributed by atoms with Crippen LogP contribution in [0, 0.1) is 0 Å². The van der Waals surface area contributed by atoms with Crippen molar-refractivity contribution in [3.05, 3.63) is 140 Å². The average Bonchev–Trinajstić information content (AvgIpc) is 3.55. The van der Waals surface area contributed by atoms with Crippen LogP contribution >= 0.6 is 11.3 Å². The molecular formula is C35H23N3S. The highest BCUT2D eigenvalue weighted by molar-refractivity contribution is 7.26. The van der Waals surface area contributed by atoms with Crippen molar-refractivity contribution in [1.29, 1.82) is 0 Å². The summed E-state index contributed by atoms with van der Waals surface area (Å²) in [6.07, 6.45) is 1.89. The lowest BCUT2D eigenvalue weighted by molar-refractivity contribution is 1.17. The van der Waals surface area contributed by atoms with E-state index >= 15 is 0 Å². The Kier molecular flexibility index (Phi) is 5.00. The van der Waals surface area contributed by atoms with Crippen LogP contribution in [0.4, 0.5) is 17.1 Å². The van der Waals surface area contributed by atoms with Crippen LogP contribution < -0.4 is 4.90 Å². The summed E-state index contributed by atoms with van der Waals surface area (Å²) in [5, 5.41) is 3.77. The standard InChI is InChI=1S/C35H23N3S/c1-3-10-24(11-4-1)37(25-12-5-2-6-13-25)26-17-19-27(20-18-26)38-30-15-9-23-36-34(30)29-21-22-32-33(35(29)38)28-14-7-8-16-31(28)39-32/h1-23H. The fraction of sp³-hybridized carbons (Fsp3) is 0. The number of nitrogens with zero attached hydrogens (tertiary/aromatic N) is 3. The summed E-state index contributed by atoms with van der Waals surface area (Å²) in [5.74, 6) is 0. The SMILES string of the molecule is c1ccc(N(c2ccccc2)c2ccc(-n3c4cccnc4c4ccc5sc6ccccc6c5c43)cc2)cc1. The first-order valence-corrected chi connectivity index (χ1v) is 13.9. The van der Waals surface area contributed by atoms with Gasteiger partial charge < -0.3 is 9.47 Å². The highest BCUT2D eigenvalue weighted by Gasteiger charge is 2.19. The third kappa shape index (κ3) is 3.46. The number of anilines is 3. The van der Waals surface area contributed by atoms with E-state index in [-0.39, 0.29) is 0 Å². The lowest BCUT2D eigenvalue weighted by Gasteiger charge is -2.25. The van der Waals surface area contributed by atoms with Crippen LogP contribution in [0.2, 0.25) is 0 Å². The molecule has 0 saturated heterocycles. The molecule has 184 valence electrons. The van der Waals surface area contributed by atoms with E-state index in [1.807, 2.05) is 23.6 Å². The van der Waals surface area contributed by atoms with Gasteiger partial charge in [-0.2, -0.15) is 0 Å². The Hall–Kier alpha value is -4.93. The Balaban J connectivity index is 1.37. The van der Waals surface area contributed by atoms with E-state index in [0.717, 1.165) is 33.8 Å². The molecule has 4 heteroatoms. The first kappa shape index (κ1) is 22.1. The minimum Gasteiger partial charge on any atom is -0.311 e. The summed E-state index contributed by atoms with van der Waals surface area (Å²) < 4.78 is 4.99. The second-order valence-corrected chi connectivity index (χ2v) is 10.7. The molecule has 39 heavy (non-hydrogen) atoms. The number of hydrogen-bond donors (Lipinski definition) is 0. The Morgan fingerprint density at radius 2 is 1.21 bits per heavy atom. The zero-order valence-electron chi connectivity index (χ0n) is 21.0. The highest BCUT2D eigenvalue weighted by Crippen LogP contribution is 2.43. The Bertz CT molecular complexity index is 2070. The summed E-state index contributed by atoms with van der Waals surface area (Å²) in [6.45, 7) is 0. The molecule has 0 saturated carbocycles. The Labute approximate surface area is 229 Å². The van der Waals surface area contributed by atoms with Gasteiger partial charge >= 0.3 is 0 Å². The van der Waals surface area contributed by atoms with E-state index in [4.69, 9.17) is 4.98 Å². The van der Waals surface area contributed by atoms with Crippen LogP contribution in [-0.2, 0) is 0 Å². The molecule has 3 nitrogen and oxygen atoms in total. The number of rotatable bonds is 4. The van der Waals surface area contributed by atoms with Crippen LogP contribution in [0.15, 0.2) is 140 Å². The minimum atomic E-state index is 1.03. The van der Waals surface area contributed by atoms with Crippen LogP contribution in [0.25, 0.3) is 47.8 Å². The van der Waals surface area contributed by atoms with Gasteiger partial charge in [0.2, 0.25) is 0 Å². The second kappa shape index (κ2) is 8.83. The van der Waals surface area contributed by atoms with Crippen molar-refractivity contribution in [2.45, 2.75) is 0 Å². The fourth-order valence-corrected chi connectivity index (χ4v) is 6.86. The molecule has 3 aromatic heterocycles. The summed E-state index contributed by atoms with van der Waals surface area (Å²) >= 11 is 1.85. The first-order chi connectivity index (χ1) is 19.4. The number of aromatic nitrogens is 2. The van der Waals surface area contributed by atoms with E-state index in [2.05, 4.69) is 137 Å². The quantitative estimate of drug-likeness (QED) is 0.232. The molecule has 0 aliphatic carbocycles. The normalized spacial score (nSPS) is 11.6. The summed E-state index contributed by atoms with van der Waals surface area (Å²) in [6, 6.07) is 47.4. The van der Waals surface area contributed by atoms with Gasteiger partial charge in [-0.25, -0.2) is 0 Å². The molecule has 0 atom stereocenters. The predicted molar refractivity (Wildman–Crippen MR) is 166 cm³/mol. The van der Waals surface area contributed by atoms with Crippen molar-refractivity contribution in [3.8, 4) is 5.69 Å². The van der Waals surface area contributed by atoms with E-state index < -0.39 is 0 Å². The number of thiophene rings is 1. The molecule has 0 amide bonds. The van der Waals surface area contributed by atoms with Crippen LogP contribution in [0.1, 0.15) is 0 Å². The smallest absolute Gasteiger partial charge is 0.0963 e. The van der Waals surface area contributed by atoms with E-state index in [1.54, 1.807) is 0 Å². The third-order valence-corrected chi connectivity index (χ3v) is 8.55. The number of benzene rings is 5. The van der Waals surface area contributed by atoms with Gasteiger partial charge in [0, 0.05) is 54.5 Å². The van der Waals surface area contributed by atoms with Gasteiger partial charge in [0.25, 0.3) is 0 Å². The first-order valence-electron chi connectivity index (χ1n) is 13.1. The number of hydrogen-bond acceptors (Lipinski definition) is 3. The van der Waals surface area contributed by atoms with Gasteiger partial charge in [-0.1, -0.05) is 54.6 Å². The molecule has 0 radical (unpaired) electrons. The van der Waals surface area contributed by atoms with E-state index in [0.29, 0.717) is 0 Å². The van der Waals surface area contributed by atoms with Crippen molar-refractivity contribution in [2.75, 3.05) is 4.90 Å². The van der Waals surface area contributed by atoms with Gasteiger partial charge in [-0.3, -0.25) is 4.98 Å². The van der Waals surface area contributed by atoms with Gasteiger partial charge in [0.05, 0.1) is 16.6 Å². The molecule has 8 rings (SSSR count). The van der Waals surface area contributed by atoms with Crippen molar-refractivity contribution in [3.63, 3.8) is 0 Å².